The van der Waals surface area contributed by atoms with E-state index < -0.39 is 11.4 Å². The van der Waals surface area contributed by atoms with E-state index in [0.29, 0.717) is 12.3 Å². The first kappa shape index (κ1) is 19.4. The molecule has 2 N–H and O–H groups in total. The van der Waals surface area contributed by atoms with Gasteiger partial charge in [-0.3, -0.25) is 4.79 Å². The number of aliphatic hydroxyl groups is 1. The van der Waals surface area contributed by atoms with Gasteiger partial charge in [-0.2, -0.15) is 0 Å². The second-order valence-electron chi connectivity index (χ2n) is 7.62. The van der Waals surface area contributed by atoms with Gasteiger partial charge in [-0.1, -0.05) is 25.7 Å². The number of aliphatic carboxylic acids is 1. The summed E-state index contributed by atoms with van der Waals surface area (Å²) in [6.07, 6.45) is 10.6. The van der Waals surface area contributed by atoms with Crippen LogP contribution in [0.25, 0.3) is 0 Å². The zero-order valence-corrected chi connectivity index (χ0v) is 14.6. The van der Waals surface area contributed by atoms with E-state index in [-0.39, 0.29) is 12.2 Å². The van der Waals surface area contributed by atoms with E-state index in [1.54, 1.807) is 13.8 Å². The monoisotopic (exact) mass is 314 g/mol. The van der Waals surface area contributed by atoms with Crippen molar-refractivity contribution in [2.75, 3.05) is 13.7 Å². The molecule has 0 aromatic heterocycles. The maximum Gasteiger partial charge on any atom is 0.309 e. The van der Waals surface area contributed by atoms with Crippen molar-refractivity contribution >= 4 is 5.97 Å². The van der Waals surface area contributed by atoms with E-state index in [1.165, 1.54) is 19.3 Å². The van der Waals surface area contributed by atoms with Gasteiger partial charge in [0.2, 0.25) is 0 Å². The number of carboxylic acids is 1. The van der Waals surface area contributed by atoms with E-state index in [4.69, 9.17) is 9.84 Å². The second-order valence-corrected chi connectivity index (χ2v) is 7.62. The van der Waals surface area contributed by atoms with Gasteiger partial charge in [-0.05, 0) is 58.3 Å². The highest BCUT2D eigenvalue weighted by molar-refractivity contribution is 5.73. The van der Waals surface area contributed by atoms with Crippen molar-refractivity contribution in [1.82, 2.24) is 0 Å². The highest BCUT2D eigenvalue weighted by Crippen LogP contribution is 2.43. The maximum absolute atomic E-state index is 11.0. The Hall–Kier alpha value is -0.610. The van der Waals surface area contributed by atoms with Crippen LogP contribution in [-0.2, 0) is 9.53 Å². The van der Waals surface area contributed by atoms with Gasteiger partial charge in [-0.25, -0.2) is 0 Å². The van der Waals surface area contributed by atoms with Crippen molar-refractivity contribution in [3.63, 3.8) is 0 Å². The molecule has 0 aromatic carbocycles. The molecule has 130 valence electrons. The number of aliphatic hydroxyl groups excluding tert-OH is 1. The molecule has 0 saturated heterocycles. The van der Waals surface area contributed by atoms with Gasteiger partial charge in [0, 0.05) is 13.7 Å². The standard InChI is InChI=1S/C18H34O4/c1-17(2,16(20)21)10-6-4-8-15(14-19)9-5-7-11-18(22-3)12-13-18/h15,19H,4-14H2,1-3H3,(H,20,21). The second kappa shape index (κ2) is 8.88. The quantitative estimate of drug-likeness (QED) is 0.504. The van der Waals surface area contributed by atoms with Crippen molar-refractivity contribution in [1.29, 1.82) is 0 Å². The molecule has 4 nitrogen and oxygen atoms in total. The average molecular weight is 314 g/mol. The van der Waals surface area contributed by atoms with Crippen LogP contribution in [0.3, 0.4) is 0 Å². The van der Waals surface area contributed by atoms with E-state index in [2.05, 4.69) is 0 Å². The Morgan fingerprint density at radius 2 is 1.77 bits per heavy atom. The molecule has 0 bridgehead atoms. The van der Waals surface area contributed by atoms with Crippen molar-refractivity contribution in [2.45, 2.75) is 83.7 Å². The Balaban J connectivity index is 2.08. The molecular formula is C18H34O4. The van der Waals surface area contributed by atoms with Crippen molar-refractivity contribution in [2.24, 2.45) is 11.3 Å². The van der Waals surface area contributed by atoms with Crippen LogP contribution in [0.4, 0.5) is 0 Å². The zero-order valence-electron chi connectivity index (χ0n) is 14.6. The molecule has 1 saturated carbocycles. The topological polar surface area (TPSA) is 66.8 Å². The highest BCUT2D eigenvalue weighted by Gasteiger charge is 2.41. The first-order chi connectivity index (χ1) is 10.4. The summed E-state index contributed by atoms with van der Waals surface area (Å²) >= 11 is 0. The molecule has 1 unspecified atom stereocenters. The molecule has 4 heteroatoms. The first-order valence-corrected chi connectivity index (χ1v) is 8.75. The molecule has 0 aromatic rings. The van der Waals surface area contributed by atoms with Gasteiger partial charge < -0.3 is 14.9 Å². The number of carbonyl (C=O) groups is 1. The van der Waals surface area contributed by atoms with Gasteiger partial charge >= 0.3 is 5.97 Å². The minimum atomic E-state index is -0.724. The average Bonchev–Trinajstić information content (AvgIpc) is 3.26. The van der Waals surface area contributed by atoms with Crippen LogP contribution < -0.4 is 0 Å². The third-order valence-corrected chi connectivity index (χ3v) is 5.24. The lowest BCUT2D eigenvalue weighted by atomic mass is 9.86. The van der Waals surface area contributed by atoms with Crippen LogP contribution in [0.1, 0.15) is 78.1 Å². The molecule has 1 aliphatic rings. The minimum Gasteiger partial charge on any atom is -0.481 e. The fraction of sp³-hybridized carbons (Fsp3) is 0.944. The predicted molar refractivity (Wildman–Crippen MR) is 87.9 cm³/mol. The molecule has 0 aliphatic heterocycles. The van der Waals surface area contributed by atoms with Crippen LogP contribution in [0.5, 0.6) is 0 Å². The van der Waals surface area contributed by atoms with Crippen LogP contribution in [0.2, 0.25) is 0 Å². The summed E-state index contributed by atoms with van der Waals surface area (Å²) in [7, 11) is 1.81. The fourth-order valence-corrected chi connectivity index (χ4v) is 3.01. The summed E-state index contributed by atoms with van der Waals surface area (Å²) in [4.78, 5) is 11.0. The number of hydrogen-bond donors (Lipinski definition) is 2. The lowest BCUT2D eigenvalue weighted by molar-refractivity contribution is -0.147. The first-order valence-electron chi connectivity index (χ1n) is 8.75. The SMILES string of the molecule is COC1(CCCCC(CO)CCCCC(C)(C)C(=O)O)CC1. The summed E-state index contributed by atoms with van der Waals surface area (Å²) < 4.78 is 5.52. The third kappa shape index (κ3) is 6.66. The molecule has 1 atom stereocenters. The van der Waals surface area contributed by atoms with E-state index in [1.807, 2.05) is 7.11 Å². The van der Waals surface area contributed by atoms with Crippen LogP contribution >= 0.6 is 0 Å². The Bertz CT molecular complexity index is 334. The number of methoxy groups -OCH3 is 1. The van der Waals surface area contributed by atoms with Gasteiger partial charge in [0.25, 0.3) is 0 Å². The number of carboxylic acid groups (broad SMARTS) is 1. The van der Waals surface area contributed by atoms with E-state index in [9.17, 15) is 9.90 Å². The summed E-state index contributed by atoms with van der Waals surface area (Å²) in [5.41, 5.74) is -0.440. The molecule has 0 spiro atoms. The number of hydrogen-bond acceptors (Lipinski definition) is 3. The summed E-state index contributed by atoms with van der Waals surface area (Å²) in [6, 6.07) is 0. The minimum absolute atomic E-state index is 0.192. The smallest absolute Gasteiger partial charge is 0.309 e. The molecule has 0 radical (unpaired) electrons. The number of rotatable bonds is 13. The van der Waals surface area contributed by atoms with Crippen molar-refractivity contribution in [3.8, 4) is 0 Å². The van der Waals surface area contributed by atoms with Gasteiger partial charge in [-0.15, -0.1) is 0 Å². The Morgan fingerprint density at radius 3 is 2.23 bits per heavy atom. The van der Waals surface area contributed by atoms with Gasteiger partial charge in [0.15, 0.2) is 0 Å². The normalized spacial score (nSPS) is 18.2. The Morgan fingerprint density at radius 1 is 1.18 bits per heavy atom. The highest BCUT2D eigenvalue weighted by atomic mass is 16.5. The molecule has 0 heterocycles. The summed E-state index contributed by atoms with van der Waals surface area (Å²) in [6.45, 7) is 3.81. The Labute approximate surface area is 135 Å². The van der Waals surface area contributed by atoms with E-state index in [0.717, 1.165) is 38.5 Å². The van der Waals surface area contributed by atoms with E-state index >= 15 is 0 Å². The number of unbranched alkanes of at least 4 members (excludes halogenated alkanes) is 2. The van der Waals surface area contributed by atoms with Gasteiger partial charge in [0.1, 0.15) is 0 Å². The lowest BCUT2D eigenvalue weighted by Crippen LogP contribution is -2.23. The Kier molecular flexibility index (Phi) is 7.84. The lowest BCUT2D eigenvalue weighted by Gasteiger charge is -2.20. The molecular weight excluding hydrogens is 280 g/mol. The summed E-state index contributed by atoms with van der Waals surface area (Å²) in [5, 5.41) is 18.6. The maximum atomic E-state index is 11.0. The van der Waals surface area contributed by atoms with Crippen molar-refractivity contribution in [3.05, 3.63) is 0 Å². The fourth-order valence-electron chi connectivity index (χ4n) is 3.01. The third-order valence-electron chi connectivity index (χ3n) is 5.24. The molecule has 1 aliphatic carbocycles. The molecule has 1 fully saturated rings. The van der Waals surface area contributed by atoms with Gasteiger partial charge in [0.05, 0.1) is 11.0 Å². The van der Waals surface area contributed by atoms with Crippen molar-refractivity contribution < 1.29 is 19.7 Å². The summed E-state index contributed by atoms with van der Waals surface area (Å²) in [5.74, 6) is -0.357. The molecule has 0 amide bonds. The number of ether oxygens (including phenoxy) is 1. The molecule has 1 rings (SSSR count). The molecule has 22 heavy (non-hydrogen) atoms. The van der Waals surface area contributed by atoms with Crippen LogP contribution in [-0.4, -0.2) is 35.5 Å². The van der Waals surface area contributed by atoms with Crippen LogP contribution in [0.15, 0.2) is 0 Å². The zero-order chi connectivity index (χ0) is 16.6. The van der Waals surface area contributed by atoms with Crippen LogP contribution in [0, 0.1) is 11.3 Å². The predicted octanol–water partition coefficient (Wildman–Crippen LogP) is 4.01. The largest absolute Gasteiger partial charge is 0.481 e.